The monoisotopic (exact) mass is 286 g/mol. The van der Waals surface area contributed by atoms with Gasteiger partial charge in [-0.05, 0) is 20.4 Å². The van der Waals surface area contributed by atoms with E-state index in [0.717, 1.165) is 26.2 Å². The Bertz CT molecular complexity index is 325. The minimum Gasteiger partial charge on any atom is -0.374 e. The molecule has 2 unspecified atom stereocenters. The molecule has 116 valence electrons. The molecule has 0 spiro atoms. The summed E-state index contributed by atoms with van der Waals surface area (Å²) in [4.78, 5) is 25.3. The molecule has 0 aliphatic carbocycles. The number of nitrogens with one attached hydrogen (secondary N) is 3. The molecule has 20 heavy (non-hydrogen) atoms. The molecule has 2 atom stereocenters. The van der Waals surface area contributed by atoms with Gasteiger partial charge in [0.1, 0.15) is 0 Å². The lowest BCUT2D eigenvalue weighted by Crippen LogP contribution is -2.52. The fourth-order valence-electron chi connectivity index (χ4n) is 2.02. The van der Waals surface area contributed by atoms with Crippen molar-refractivity contribution >= 4 is 11.9 Å². The SMILES string of the molecule is CCNC(=O)NC(=O)C(C)NCC1CN(CC)CCO1. The van der Waals surface area contributed by atoms with Crippen LogP contribution in [-0.2, 0) is 9.53 Å². The maximum Gasteiger partial charge on any atom is 0.321 e. The van der Waals surface area contributed by atoms with Crippen molar-refractivity contribution in [3.8, 4) is 0 Å². The maximum atomic E-state index is 11.7. The van der Waals surface area contributed by atoms with Crippen LogP contribution in [0.15, 0.2) is 0 Å². The van der Waals surface area contributed by atoms with Gasteiger partial charge >= 0.3 is 6.03 Å². The highest BCUT2D eigenvalue weighted by Crippen LogP contribution is 2.03. The summed E-state index contributed by atoms with van der Waals surface area (Å²) >= 11 is 0. The van der Waals surface area contributed by atoms with Crippen LogP contribution in [0.4, 0.5) is 4.79 Å². The minimum atomic E-state index is -0.461. The molecule has 1 heterocycles. The Hall–Kier alpha value is -1.18. The lowest BCUT2D eigenvalue weighted by atomic mass is 10.2. The average Bonchev–Trinajstić information content (AvgIpc) is 2.45. The van der Waals surface area contributed by atoms with Crippen molar-refractivity contribution in [1.82, 2.24) is 20.9 Å². The molecule has 1 rings (SSSR count). The van der Waals surface area contributed by atoms with Crippen molar-refractivity contribution in [2.45, 2.75) is 32.9 Å². The predicted molar refractivity (Wildman–Crippen MR) is 76.5 cm³/mol. The van der Waals surface area contributed by atoms with Crippen molar-refractivity contribution in [2.24, 2.45) is 0 Å². The lowest BCUT2D eigenvalue weighted by molar-refractivity contribution is -0.121. The summed E-state index contributed by atoms with van der Waals surface area (Å²) in [7, 11) is 0. The van der Waals surface area contributed by atoms with E-state index >= 15 is 0 Å². The maximum absolute atomic E-state index is 11.7. The van der Waals surface area contributed by atoms with E-state index in [4.69, 9.17) is 4.74 Å². The van der Waals surface area contributed by atoms with Crippen LogP contribution < -0.4 is 16.0 Å². The number of rotatable bonds is 6. The number of likely N-dealkylation sites (N-methyl/N-ethyl adjacent to an activating group) is 1. The molecular formula is C13H26N4O3. The second-order valence-electron chi connectivity index (χ2n) is 4.86. The largest absolute Gasteiger partial charge is 0.374 e. The van der Waals surface area contributed by atoms with Gasteiger partial charge in [0, 0.05) is 26.2 Å². The van der Waals surface area contributed by atoms with Crippen LogP contribution >= 0.6 is 0 Å². The van der Waals surface area contributed by atoms with E-state index in [-0.39, 0.29) is 12.0 Å². The van der Waals surface area contributed by atoms with E-state index < -0.39 is 12.1 Å². The molecule has 3 N–H and O–H groups in total. The highest BCUT2D eigenvalue weighted by molar-refractivity contribution is 5.96. The number of carbonyl (C=O) groups excluding carboxylic acids is 2. The van der Waals surface area contributed by atoms with Crippen LogP contribution in [0.2, 0.25) is 0 Å². The minimum absolute atomic E-state index is 0.0865. The van der Waals surface area contributed by atoms with Crippen LogP contribution in [-0.4, -0.2) is 68.3 Å². The van der Waals surface area contributed by atoms with E-state index in [1.807, 2.05) is 0 Å². The fraction of sp³-hybridized carbons (Fsp3) is 0.846. The van der Waals surface area contributed by atoms with E-state index in [2.05, 4.69) is 27.8 Å². The number of nitrogens with zero attached hydrogens (tertiary/aromatic N) is 1. The third-order valence-corrected chi connectivity index (χ3v) is 3.29. The van der Waals surface area contributed by atoms with Gasteiger partial charge in [0.05, 0.1) is 18.8 Å². The first kappa shape index (κ1) is 16.9. The molecule has 0 bridgehead atoms. The van der Waals surface area contributed by atoms with Crippen molar-refractivity contribution < 1.29 is 14.3 Å². The number of hydrogen-bond acceptors (Lipinski definition) is 5. The van der Waals surface area contributed by atoms with Crippen molar-refractivity contribution in [2.75, 3.05) is 39.3 Å². The summed E-state index contributed by atoms with van der Waals surface area (Å²) in [6.07, 6.45) is 0.0865. The first-order chi connectivity index (χ1) is 9.56. The highest BCUT2D eigenvalue weighted by Gasteiger charge is 2.21. The first-order valence-electron chi connectivity index (χ1n) is 7.22. The molecule has 0 aromatic rings. The zero-order valence-electron chi connectivity index (χ0n) is 12.6. The van der Waals surface area contributed by atoms with Gasteiger partial charge < -0.3 is 15.4 Å². The number of urea groups is 1. The van der Waals surface area contributed by atoms with E-state index in [9.17, 15) is 9.59 Å². The van der Waals surface area contributed by atoms with Gasteiger partial charge in [0.2, 0.25) is 5.91 Å². The molecule has 1 saturated heterocycles. The summed E-state index contributed by atoms with van der Waals surface area (Å²) in [6.45, 7) is 10.3. The topological polar surface area (TPSA) is 82.7 Å². The second-order valence-corrected chi connectivity index (χ2v) is 4.86. The Morgan fingerprint density at radius 3 is 2.80 bits per heavy atom. The Labute approximate surface area is 120 Å². The molecule has 0 saturated carbocycles. The molecule has 1 aliphatic rings. The molecular weight excluding hydrogens is 260 g/mol. The number of hydrogen-bond donors (Lipinski definition) is 3. The third-order valence-electron chi connectivity index (χ3n) is 3.29. The van der Waals surface area contributed by atoms with Gasteiger partial charge in [0.25, 0.3) is 0 Å². The number of ether oxygens (including phenoxy) is 1. The molecule has 0 radical (unpaired) electrons. The van der Waals surface area contributed by atoms with Crippen LogP contribution in [0.3, 0.4) is 0 Å². The van der Waals surface area contributed by atoms with Gasteiger partial charge in [0.15, 0.2) is 0 Å². The first-order valence-corrected chi connectivity index (χ1v) is 7.22. The molecule has 1 fully saturated rings. The average molecular weight is 286 g/mol. The molecule has 0 aromatic heterocycles. The number of imide groups is 1. The van der Waals surface area contributed by atoms with E-state index in [1.165, 1.54) is 0 Å². The summed E-state index contributed by atoms with van der Waals surface area (Å²) < 4.78 is 5.64. The summed E-state index contributed by atoms with van der Waals surface area (Å²) in [5, 5.41) is 7.91. The summed E-state index contributed by atoms with van der Waals surface area (Å²) in [5.41, 5.74) is 0. The standard InChI is InChI=1S/C13H26N4O3/c1-4-14-13(19)16-12(18)10(3)15-8-11-9-17(5-2)6-7-20-11/h10-11,15H,4-9H2,1-3H3,(H2,14,16,18,19). The number of carbonyl (C=O) groups is 2. The van der Waals surface area contributed by atoms with Gasteiger partial charge in [-0.25, -0.2) is 4.79 Å². The van der Waals surface area contributed by atoms with Gasteiger partial charge in [-0.2, -0.15) is 0 Å². The number of morpholine rings is 1. The van der Waals surface area contributed by atoms with Crippen molar-refractivity contribution in [1.29, 1.82) is 0 Å². The quantitative estimate of drug-likeness (QED) is 0.615. The van der Waals surface area contributed by atoms with Crippen molar-refractivity contribution in [3.63, 3.8) is 0 Å². The third kappa shape index (κ3) is 5.85. The summed E-state index contributed by atoms with van der Waals surface area (Å²) in [5.74, 6) is -0.334. The second kappa shape index (κ2) is 8.89. The Morgan fingerprint density at radius 2 is 2.15 bits per heavy atom. The van der Waals surface area contributed by atoms with Crippen molar-refractivity contribution in [3.05, 3.63) is 0 Å². The molecule has 7 heteroatoms. The normalized spacial score (nSPS) is 21.2. The van der Waals surface area contributed by atoms with Crippen LogP contribution in [0, 0.1) is 0 Å². The Morgan fingerprint density at radius 1 is 1.40 bits per heavy atom. The van der Waals surface area contributed by atoms with Gasteiger partial charge in [-0.15, -0.1) is 0 Å². The Balaban J connectivity index is 2.26. The number of amides is 3. The van der Waals surface area contributed by atoms with Crippen LogP contribution in [0.25, 0.3) is 0 Å². The zero-order chi connectivity index (χ0) is 15.0. The lowest BCUT2D eigenvalue weighted by Gasteiger charge is -2.32. The van der Waals surface area contributed by atoms with E-state index in [1.54, 1.807) is 13.8 Å². The van der Waals surface area contributed by atoms with Gasteiger partial charge in [-0.1, -0.05) is 6.92 Å². The predicted octanol–water partition coefficient (Wildman–Crippen LogP) is -0.469. The van der Waals surface area contributed by atoms with E-state index in [0.29, 0.717) is 13.1 Å². The Kier molecular flexibility index (Phi) is 7.50. The van der Waals surface area contributed by atoms with Gasteiger partial charge in [-0.3, -0.25) is 15.0 Å². The highest BCUT2D eigenvalue weighted by atomic mass is 16.5. The zero-order valence-corrected chi connectivity index (χ0v) is 12.6. The van der Waals surface area contributed by atoms with Crippen LogP contribution in [0.1, 0.15) is 20.8 Å². The molecule has 0 aromatic carbocycles. The smallest absolute Gasteiger partial charge is 0.321 e. The molecule has 3 amide bonds. The molecule has 7 nitrogen and oxygen atoms in total. The van der Waals surface area contributed by atoms with Crippen LogP contribution in [0.5, 0.6) is 0 Å². The summed E-state index contributed by atoms with van der Waals surface area (Å²) in [6, 6.07) is -0.893. The molecule has 1 aliphatic heterocycles. The fourth-order valence-corrected chi connectivity index (χ4v) is 2.02.